The van der Waals surface area contributed by atoms with Crippen molar-refractivity contribution in [2.45, 2.75) is 51.5 Å². The number of aryl methyl sites for hydroxylation is 1. The van der Waals surface area contributed by atoms with Crippen molar-refractivity contribution in [1.29, 1.82) is 0 Å². The molecule has 0 saturated carbocycles. The molecular weight excluding hydrogens is 341 g/mol. The summed E-state index contributed by atoms with van der Waals surface area (Å²) in [6, 6.07) is 3.73. The predicted molar refractivity (Wildman–Crippen MR) is 105 cm³/mol. The Morgan fingerprint density at radius 1 is 1.22 bits per heavy atom. The van der Waals surface area contributed by atoms with E-state index < -0.39 is 0 Å². The number of carbonyl (C=O) groups is 1. The molecule has 4 nitrogen and oxygen atoms in total. The van der Waals surface area contributed by atoms with Crippen molar-refractivity contribution in [1.82, 2.24) is 10.3 Å². The number of rotatable bonds is 4. The molecule has 27 heavy (non-hydrogen) atoms. The molecular formula is C22H26FN3O. The molecule has 1 unspecified atom stereocenters. The van der Waals surface area contributed by atoms with Gasteiger partial charge in [0.05, 0.1) is 0 Å². The predicted octanol–water partition coefficient (Wildman–Crippen LogP) is 4.17. The molecule has 1 atom stereocenters. The summed E-state index contributed by atoms with van der Waals surface area (Å²) in [5, 5.41) is 3.60. The number of nitrogens with one attached hydrogen (secondary N) is 1. The third kappa shape index (κ3) is 3.25. The number of aromatic nitrogens is 1. The van der Waals surface area contributed by atoms with Crippen LogP contribution in [-0.4, -0.2) is 24.5 Å². The standard InChI is InChI=1S/C22H26FN3O/c1-3-9-25-20-6-4-5-15-17(12-24-13-18(15)20)16-10-14-7-8-22(27)26(2)21(14)11-19(16)23/h10-13,20,25H,3-9H2,1-2H3. The van der Waals surface area contributed by atoms with Gasteiger partial charge in [-0.05, 0) is 67.5 Å². The van der Waals surface area contributed by atoms with Gasteiger partial charge in [0, 0.05) is 48.7 Å². The molecule has 4 rings (SSSR count). The second-order valence-corrected chi connectivity index (χ2v) is 7.57. The highest BCUT2D eigenvalue weighted by molar-refractivity contribution is 5.96. The van der Waals surface area contributed by atoms with E-state index in [2.05, 4.69) is 17.2 Å². The first kappa shape index (κ1) is 18.1. The highest BCUT2D eigenvalue weighted by Gasteiger charge is 2.26. The number of hydrogen-bond donors (Lipinski definition) is 1. The Morgan fingerprint density at radius 3 is 2.89 bits per heavy atom. The van der Waals surface area contributed by atoms with E-state index in [4.69, 9.17) is 0 Å². The molecule has 1 aromatic carbocycles. The van der Waals surface area contributed by atoms with Crippen molar-refractivity contribution in [2.75, 3.05) is 18.5 Å². The molecule has 0 fully saturated rings. The Labute approximate surface area is 159 Å². The van der Waals surface area contributed by atoms with E-state index in [1.807, 2.05) is 12.3 Å². The zero-order valence-electron chi connectivity index (χ0n) is 16.0. The summed E-state index contributed by atoms with van der Waals surface area (Å²) in [5.74, 6) is -0.243. The van der Waals surface area contributed by atoms with E-state index in [-0.39, 0.29) is 11.7 Å². The summed E-state index contributed by atoms with van der Waals surface area (Å²) in [6.45, 7) is 3.14. The van der Waals surface area contributed by atoms with Gasteiger partial charge in [-0.3, -0.25) is 9.78 Å². The molecule has 2 heterocycles. The van der Waals surface area contributed by atoms with Gasteiger partial charge in [0.15, 0.2) is 0 Å². The van der Waals surface area contributed by atoms with Crippen LogP contribution in [0.3, 0.4) is 0 Å². The van der Waals surface area contributed by atoms with E-state index >= 15 is 4.39 Å². The van der Waals surface area contributed by atoms with Crippen LogP contribution < -0.4 is 10.2 Å². The molecule has 0 spiro atoms. The average Bonchev–Trinajstić information content (AvgIpc) is 2.69. The fourth-order valence-electron chi connectivity index (χ4n) is 4.35. The fraction of sp³-hybridized carbons (Fsp3) is 0.455. The van der Waals surface area contributed by atoms with Gasteiger partial charge in [0.25, 0.3) is 0 Å². The van der Waals surface area contributed by atoms with Crippen molar-refractivity contribution in [3.63, 3.8) is 0 Å². The molecule has 2 aliphatic rings. The van der Waals surface area contributed by atoms with Gasteiger partial charge < -0.3 is 10.2 Å². The van der Waals surface area contributed by atoms with Gasteiger partial charge in [0.2, 0.25) is 5.91 Å². The molecule has 0 saturated heterocycles. The van der Waals surface area contributed by atoms with Crippen molar-refractivity contribution in [3.05, 3.63) is 47.0 Å². The Balaban J connectivity index is 1.78. The largest absolute Gasteiger partial charge is 0.315 e. The first-order chi connectivity index (χ1) is 13.1. The van der Waals surface area contributed by atoms with E-state index in [9.17, 15) is 4.79 Å². The first-order valence-corrected chi connectivity index (χ1v) is 9.89. The van der Waals surface area contributed by atoms with Crippen LogP contribution in [0.25, 0.3) is 11.1 Å². The van der Waals surface area contributed by atoms with E-state index in [1.54, 1.807) is 18.1 Å². The molecule has 2 aromatic rings. The quantitative estimate of drug-likeness (QED) is 0.882. The van der Waals surface area contributed by atoms with Gasteiger partial charge in [-0.1, -0.05) is 6.92 Å². The Kier molecular flexibility index (Phi) is 4.96. The number of fused-ring (bicyclic) bond motifs is 2. The minimum atomic E-state index is -0.283. The zero-order valence-corrected chi connectivity index (χ0v) is 16.0. The number of nitrogens with zero attached hydrogens (tertiary/aromatic N) is 2. The minimum absolute atomic E-state index is 0.0400. The summed E-state index contributed by atoms with van der Waals surface area (Å²) in [7, 11) is 1.72. The van der Waals surface area contributed by atoms with E-state index in [0.29, 0.717) is 30.1 Å². The molecule has 142 valence electrons. The molecule has 0 radical (unpaired) electrons. The third-order valence-electron chi connectivity index (χ3n) is 5.83. The normalized spacial score (nSPS) is 19.0. The van der Waals surface area contributed by atoms with Crippen LogP contribution in [0.15, 0.2) is 24.5 Å². The van der Waals surface area contributed by atoms with Crippen molar-refractivity contribution < 1.29 is 9.18 Å². The van der Waals surface area contributed by atoms with Crippen LogP contribution >= 0.6 is 0 Å². The number of hydrogen-bond acceptors (Lipinski definition) is 3. The number of halogens is 1. The van der Waals surface area contributed by atoms with Crippen LogP contribution in [0.2, 0.25) is 0 Å². The summed E-state index contributed by atoms with van der Waals surface area (Å²) in [6.07, 6.45) is 9.10. The van der Waals surface area contributed by atoms with Gasteiger partial charge in [0.1, 0.15) is 5.82 Å². The van der Waals surface area contributed by atoms with Gasteiger partial charge in [-0.2, -0.15) is 0 Å². The fourth-order valence-corrected chi connectivity index (χ4v) is 4.35. The Bertz CT molecular complexity index is 880. The average molecular weight is 367 g/mol. The molecule has 5 heteroatoms. The Morgan fingerprint density at radius 2 is 2.07 bits per heavy atom. The van der Waals surface area contributed by atoms with Crippen molar-refractivity contribution in [2.24, 2.45) is 0 Å². The van der Waals surface area contributed by atoms with Crippen LogP contribution in [0.5, 0.6) is 0 Å². The van der Waals surface area contributed by atoms with Crippen LogP contribution in [0.1, 0.15) is 55.3 Å². The van der Waals surface area contributed by atoms with Gasteiger partial charge in [-0.25, -0.2) is 4.39 Å². The maximum absolute atomic E-state index is 15.1. The maximum Gasteiger partial charge on any atom is 0.227 e. The zero-order chi connectivity index (χ0) is 19.0. The highest BCUT2D eigenvalue weighted by atomic mass is 19.1. The molecule has 1 aliphatic heterocycles. The molecule has 1 aliphatic carbocycles. The lowest BCUT2D eigenvalue weighted by molar-refractivity contribution is -0.118. The van der Waals surface area contributed by atoms with Crippen LogP contribution in [0.4, 0.5) is 10.1 Å². The number of amides is 1. The smallest absolute Gasteiger partial charge is 0.227 e. The lowest BCUT2D eigenvalue weighted by Gasteiger charge is -2.29. The number of pyridine rings is 1. The Hall–Kier alpha value is -2.27. The first-order valence-electron chi connectivity index (χ1n) is 9.89. The van der Waals surface area contributed by atoms with Gasteiger partial charge >= 0.3 is 0 Å². The second kappa shape index (κ2) is 7.39. The summed E-state index contributed by atoms with van der Waals surface area (Å²) >= 11 is 0. The molecule has 1 aromatic heterocycles. The molecule has 0 bridgehead atoms. The summed E-state index contributed by atoms with van der Waals surface area (Å²) in [4.78, 5) is 17.9. The van der Waals surface area contributed by atoms with Crippen molar-refractivity contribution >= 4 is 11.6 Å². The number of carbonyl (C=O) groups excluding carboxylic acids is 1. The lowest BCUT2D eigenvalue weighted by atomic mass is 9.84. The summed E-state index contributed by atoms with van der Waals surface area (Å²) in [5.41, 5.74) is 5.64. The summed E-state index contributed by atoms with van der Waals surface area (Å²) < 4.78 is 15.1. The number of anilines is 1. The van der Waals surface area contributed by atoms with Crippen LogP contribution in [-0.2, 0) is 17.6 Å². The van der Waals surface area contributed by atoms with Crippen molar-refractivity contribution in [3.8, 4) is 11.1 Å². The lowest BCUT2D eigenvalue weighted by Crippen LogP contribution is -2.31. The van der Waals surface area contributed by atoms with E-state index in [1.165, 1.54) is 17.2 Å². The SMILES string of the molecule is CCCNC1CCCc2c(-c3cc4c(cc3F)N(C)C(=O)CC4)cncc21. The maximum atomic E-state index is 15.1. The molecule has 1 N–H and O–H groups in total. The van der Waals surface area contributed by atoms with Crippen LogP contribution in [0, 0.1) is 5.82 Å². The highest BCUT2D eigenvalue weighted by Crippen LogP contribution is 2.39. The topological polar surface area (TPSA) is 45.2 Å². The third-order valence-corrected chi connectivity index (χ3v) is 5.83. The van der Waals surface area contributed by atoms with Gasteiger partial charge in [-0.15, -0.1) is 0 Å². The number of benzene rings is 1. The minimum Gasteiger partial charge on any atom is -0.315 e. The van der Waals surface area contributed by atoms with E-state index in [0.717, 1.165) is 43.4 Å². The second-order valence-electron chi connectivity index (χ2n) is 7.57. The molecule has 1 amide bonds. The monoisotopic (exact) mass is 367 g/mol.